The van der Waals surface area contributed by atoms with E-state index in [1.165, 1.54) is 0 Å². The number of hydrogen-bond donors (Lipinski definition) is 3. The van der Waals surface area contributed by atoms with E-state index in [1.54, 1.807) is 13.8 Å². The number of carbonyl (C=O) groups is 3. The molecule has 2 aliphatic carbocycles. The monoisotopic (exact) mass is 450 g/mol. The van der Waals surface area contributed by atoms with Crippen molar-refractivity contribution in [1.82, 2.24) is 10.6 Å². The van der Waals surface area contributed by atoms with Crippen LogP contribution in [0, 0.1) is 5.41 Å². The summed E-state index contributed by atoms with van der Waals surface area (Å²) in [6, 6.07) is 16.2. The smallest absolute Gasteiger partial charge is 0.408 e. The van der Waals surface area contributed by atoms with Crippen LogP contribution in [0.3, 0.4) is 0 Å². The third kappa shape index (κ3) is 4.19. The summed E-state index contributed by atoms with van der Waals surface area (Å²) in [7, 11) is 0. The fourth-order valence-electron chi connectivity index (χ4n) is 4.68. The Kier molecular flexibility index (Phi) is 6.15. The number of carboxylic acid groups (broad SMARTS) is 1. The van der Waals surface area contributed by atoms with Crippen molar-refractivity contribution in [3.05, 3.63) is 59.7 Å². The van der Waals surface area contributed by atoms with Crippen LogP contribution >= 0.6 is 0 Å². The number of benzene rings is 2. The minimum Gasteiger partial charge on any atom is -0.481 e. The molecule has 1 saturated carbocycles. The van der Waals surface area contributed by atoms with Gasteiger partial charge in [-0.05, 0) is 48.4 Å². The highest BCUT2D eigenvalue weighted by molar-refractivity contribution is 5.90. The number of alkyl carbamates (subject to hydrolysis) is 1. The van der Waals surface area contributed by atoms with Gasteiger partial charge in [-0.15, -0.1) is 0 Å². The molecule has 0 radical (unpaired) electrons. The quantitative estimate of drug-likeness (QED) is 0.562. The van der Waals surface area contributed by atoms with Gasteiger partial charge in [0.05, 0.1) is 5.41 Å². The molecule has 4 rings (SSSR count). The van der Waals surface area contributed by atoms with E-state index in [4.69, 9.17) is 4.74 Å². The van der Waals surface area contributed by atoms with Gasteiger partial charge in [-0.3, -0.25) is 9.59 Å². The van der Waals surface area contributed by atoms with Crippen molar-refractivity contribution < 1.29 is 24.2 Å². The Morgan fingerprint density at radius 1 is 1.06 bits per heavy atom. The van der Waals surface area contributed by atoms with Crippen molar-refractivity contribution in [1.29, 1.82) is 0 Å². The first kappa shape index (κ1) is 22.8. The summed E-state index contributed by atoms with van der Waals surface area (Å²) in [6.07, 6.45) is 1.60. The second-order valence-corrected chi connectivity index (χ2v) is 9.26. The molecule has 2 aliphatic rings. The molecular weight excluding hydrogens is 420 g/mol. The maximum Gasteiger partial charge on any atom is 0.408 e. The molecule has 3 N–H and O–H groups in total. The SMILES string of the molecule is CCC(C)(NC(=O)OCC1c2ccccc2-c2ccccc21)C(=O)NCC1(C(=O)O)CCC1. The molecule has 0 heterocycles. The van der Waals surface area contributed by atoms with Gasteiger partial charge >= 0.3 is 12.1 Å². The lowest BCUT2D eigenvalue weighted by molar-refractivity contribution is -0.154. The Balaban J connectivity index is 1.38. The Bertz CT molecular complexity index is 1030. The van der Waals surface area contributed by atoms with Crippen molar-refractivity contribution in [2.75, 3.05) is 13.2 Å². The van der Waals surface area contributed by atoms with E-state index >= 15 is 0 Å². The van der Waals surface area contributed by atoms with Gasteiger partial charge in [0.2, 0.25) is 5.91 Å². The van der Waals surface area contributed by atoms with Crippen LogP contribution in [0.25, 0.3) is 11.1 Å². The molecule has 0 aliphatic heterocycles. The number of amides is 2. The van der Waals surface area contributed by atoms with Gasteiger partial charge in [-0.2, -0.15) is 0 Å². The molecule has 0 spiro atoms. The van der Waals surface area contributed by atoms with Crippen LogP contribution in [0.2, 0.25) is 0 Å². The van der Waals surface area contributed by atoms with Gasteiger partial charge in [0.25, 0.3) is 0 Å². The standard InChI is InChI=1S/C26H30N2O5/c1-3-25(2,22(29)27-16-26(23(30)31)13-8-14-26)28-24(32)33-15-21-19-11-6-4-9-17(19)18-10-5-7-12-20(18)21/h4-7,9-12,21H,3,8,13-16H2,1-2H3,(H,27,29)(H,28,32)(H,30,31). The Morgan fingerprint density at radius 2 is 1.64 bits per heavy atom. The zero-order valence-electron chi connectivity index (χ0n) is 19.0. The summed E-state index contributed by atoms with van der Waals surface area (Å²) in [5, 5.41) is 14.9. The molecule has 2 aromatic carbocycles. The molecule has 2 amide bonds. The third-order valence-electron chi connectivity index (χ3n) is 7.28. The Labute approximate surface area is 193 Å². The number of rotatable bonds is 8. The molecular formula is C26H30N2O5. The lowest BCUT2D eigenvalue weighted by Crippen LogP contribution is -2.59. The average molecular weight is 451 g/mol. The summed E-state index contributed by atoms with van der Waals surface area (Å²) in [4.78, 5) is 37.1. The fraction of sp³-hybridized carbons (Fsp3) is 0.423. The molecule has 7 heteroatoms. The van der Waals surface area contributed by atoms with Crippen molar-refractivity contribution in [3.8, 4) is 11.1 Å². The third-order valence-corrected chi connectivity index (χ3v) is 7.28. The summed E-state index contributed by atoms with van der Waals surface area (Å²) < 4.78 is 5.58. The molecule has 33 heavy (non-hydrogen) atoms. The first-order chi connectivity index (χ1) is 15.8. The molecule has 0 saturated heterocycles. The molecule has 1 atom stereocenters. The topological polar surface area (TPSA) is 105 Å². The molecule has 0 bridgehead atoms. The van der Waals surface area contributed by atoms with Crippen LogP contribution in [0.4, 0.5) is 4.79 Å². The summed E-state index contributed by atoms with van der Waals surface area (Å²) in [5.74, 6) is -1.37. The lowest BCUT2D eigenvalue weighted by Gasteiger charge is -2.38. The number of aliphatic carboxylic acids is 1. The highest BCUT2D eigenvalue weighted by atomic mass is 16.5. The van der Waals surface area contributed by atoms with Crippen LogP contribution in [0.1, 0.15) is 56.6 Å². The minimum atomic E-state index is -1.20. The zero-order chi connectivity index (χ0) is 23.6. The van der Waals surface area contributed by atoms with Crippen molar-refractivity contribution in [2.45, 2.75) is 51.0 Å². The average Bonchev–Trinajstić information content (AvgIpc) is 3.10. The molecule has 0 aromatic heterocycles. The van der Waals surface area contributed by atoms with Crippen LogP contribution < -0.4 is 10.6 Å². The number of nitrogens with one attached hydrogen (secondary N) is 2. The molecule has 174 valence electrons. The maximum absolute atomic E-state index is 12.9. The number of fused-ring (bicyclic) bond motifs is 3. The summed E-state index contributed by atoms with van der Waals surface area (Å²) in [5.41, 5.74) is 2.41. The fourth-order valence-corrected chi connectivity index (χ4v) is 4.68. The number of ether oxygens (including phenoxy) is 1. The second-order valence-electron chi connectivity index (χ2n) is 9.26. The largest absolute Gasteiger partial charge is 0.481 e. The van der Waals surface area contributed by atoms with E-state index in [2.05, 4.69) is 22.8 Å². The lowest BCUT2D eigenvalue weighted by atomic mass is 9.68. The second kappa shape index (κ2) is 8.89. The molecule has 1 fully saturated rings. The minimum absolute atomic E-state index is 0.0587. The van der Waals surface area contributed by atoms with Crippen LogP contribution in [0.15, 0.2) is 48.5 Å². The highest BCUT2D eigenvalue weighted by Gasteiger charge is 2.45. The van der Waals surface area contributed by atoms with Gasteiger partial charge in [-0.1, -0.05) is 61.9 Å². The number of carboxylic acids is 1. The Morgan fingerprint density at radius 3 is 2.12 bits per heavy atom. The van der Waals surface area contributed by atoms with Crippen molar-refractivity contribution in [2.24, 2.45) is 5.41 Å². The normalized spacial score (nSPS) is 17.6. The van der Waals surface area contributed by atoms with Crippen molar-refractivity contribution in [3.63, 3.8) is 0 Å². The molecule has 2 aromatic rings. The van der Waals surface area contributed by atoms with Crippen LogP contribution in [-0.2, 0) is 14.3 Å². The van der Waals surface area contributed by atoms with E-state index in [9.17, 15) is 19.5 Å². The van der Waals surface area contributed by atoms with Gasteiger partial charge in [-0.25, -0.2) is 4.79 Å². The number of carbonyl (C=O) groups excluding carboxylic acids is 2. The predicted octanol–water partition coefficient (Wildman–Crippen LogP) is 4.06. The first-order valence-electron chi connectivity index (χ1n) is 11.4. The maximum atomic E-state index is 12.9. The van der Waals surface area contributed by atoms with Gasteiger partial charge in [0, 0.05) is 12.5 Å². The molecule has 1 unspecified atom stereocenters. The van der Waals surface area contributed by atoms with Gasteiger partial charge < -0.3 is 20.5 Å². The van der Waals surface area contributed by atoms with E-state index in [-0.39, 0.29) is 19.1 Å². The predicted molar refractivity (Wildman–Crippen MR) is 124 cm³/mol. The summed E-state index contributed by atoms with van der Waals surface area (Å²) in [6.45, 7) is 3.63. The van der Waals surface area contributed by atoms with E-state index in [0.717, 1.165) is 28.7 Å². The van der Waals surface area contributed by atoms with E-state index in [1.807, 2.05) is 36.4 Å². The van der Waals surface area contributed by atoms with Gasteiger partial charge in [0.15, 0.2) is 0 Å². The van der Waals surface area contributed by atoms with Crippen molar-refractivity contribution >= 4 is 18.0 Å². The van der Waals surface area contributed by atoms with Crippen LogP contribution in [0.5, 0.6) is 0 Å². The molecule has 7 nitrogen and oxygen atoms in total. The first-order valence-corrected chi connectivity index (χ1v) is 11.4. The van der Waals surface area contributed by atoms with Gasteiger partial charge in [0.1, 0.15) is 12.1 Å². The summed E-state index contributed by atoms with van der Waals surface area (Å²) >= 11 is 0. The Hall–Kier alpha value is -3.35. The number of hydrogen-bond acceptors (Lipinski definition) is 4. The van der Waals surface area contributed by atoms with Crippen LogP contribution in [-0.4, -0.2) is 41.8 Å². The highest BCUT2D eigenvalue weighted by Crippen LogP contribution is 2.44. The zero-order valence-corrected chi connectivity index (χ0v) is 19.0. The van der Waals surface area contributed by atoms with E-state index < -0.39 is 28.9 Å². The van der Waals surface area contributed by atoms with E-state index in [0.29, 0.717) is 19.3 Å².